The molecule has 0 saturated carbocycles. The fraction of sp³-hybridized carbons (Fsp3) is 0.381. The molecule has 0 spiro atoms. The van der Waals surface area contributed by atoms with E-state index in [0.717, 1.165) is 17.9 Å². The van der Waals surface area contributed by atoms with E-state index < -0.39 is 0 Å². The molecular formula is C21H24Cl3NO. The molecule has 0 unspecified atom stereocenters. The first-order chi connectivity index (χ1) is 12.0. The Morgan fingerprint density at radius 3 is 2.27 bits per heavy atom. The van der Waals surface area contributed by atoms with Crippen LogP contribution in [-0.2, 0) is 12.8 Å². The van der Waals surface area contributed by atoms with E-state index in [1.807, 2.05) is 12.1 Å². The van der Waals surface area contributed by atoms with Crippen molar-refractivity contribution in [1.82, 2.24) is 4.90 Å². The van der Waals surface area contributed by atoms with Crippen LogP contribution >= 0.6 is 35.6 Å². The summed E-state index contributed by atoms with van der Waals surface area (Å²) in [6.07, 6.45) is 3.90. The van der Waals surface area contributed by atoms with Crippen LogP contribution in [0.5, 0.6) is 0 Å². The number of halogens is 3. The summed E-state index contributed by atoms with van der Waals surface area (Å²) in [5.74, 6) is 0.701. The van der Waals surface area contributed by atoms with Crippen LogP contribution in [0.25, 0.3) is 0 Å². The Labute approximate surface area is 171 Å². The number of nitrogens with zero attached hydrogens (tertiary/aromatic N) is 1. The van der Waals surface area contributed by atoms with Crippen LogP contribution in [0, 0.1) is 5.92 Å². The van der Waals surface area contributed by atoms with Gasteiger partial charge in [0.2, 0.25) is 0 Å². The molecule has 1 heterocycles. The maximum atomic E-state index is 12.6. The van der Waals surface area contributed by atoms with E-state index in [0.29, 0.717) is 22.0 Å². The van der Waals surface area contributed by atoms with Crippen molar-refractivity contribution >= 4 is 41.4 Å². The van der Waals surface area contributed by atoms with Gasteiger partial charge in [0.1, 0.15) is 0 Å². The Balaban J connectivity index is 0.00000243. The van der Waals surface area contributed by atoms with Crippen LogP contribution in [0.2, 0.25) is 10.0 Å². The van der Waals surface area contributed by atoms with Gasteiger partial charge in [0, 0.05) is 6.42 Å². The summed E-state index contributed by atoms with van der Waals surface area (Å²) in [4.78, 5) is 15.0. The Morgan fingerprint density at radius 2 is 1.62 bits per heavy atom. The summed E-state index contributed by atoms with van der Waals surface area (Å²) < 4.78 is 0. The highest BCUT2D eigenvalue weighted by molar-refractivity contribution is 6.39. The van der Waals surface area contributed by atoms with Gasteiger partial charge in [0.05, 0.1) is 15.6 Å². The standard InChI is InChI=1S/C21H23Cl2NO.ClH/c1-24-10-8-15(9-11-24)12-16-4-2-5-17(13-16)14-20(25)21-18(22)6-3-7-19(21)23;/h2-7,13,15H,8-12,14H2,1H3;1H. The lowest BCUT2D eigenvalue weighted by atomic mass is 9.89. The molecule has 0 amide bonds. The topological polar surface area (TPSA) is 20.3 Å². The number of likely N-dealkylation sites (tertiary alicyclic amines) is 1. The number of ketones is 1. The number of hydrogen-bond donors (Lipinski definition) is 0. The van der Waals surface area contributed by atoms with Crippen molar-refractivity contribution in [3.8, 4) is 0 Å². The lowest BCUT2D eigenvalue weighted by Crippen LogP contribution is -2.30. The number of carbonyl (C=O) groups excluding carboxylic acids is 1. The first kappa shape index (κ1) is 21.2. The number of rotatable bonds is 5. The molecular weight excluding hydrogens is 389 g/mol. The second kappa shape index (κ2) is 9.75. The Kier molecular flexibility index (Phi) is 7.97. The fourth-order valence-corrected chi connectivity index (χ4v) is 4.11. The highest BCUT2D eigenvalue weighted by atomic mass is 35.5. The minimum Gasteiger partial charge on any atom is -0.306 e. The quantitative estimate of drug-likeness (QED) is 0.585. The van der Waals surface area contributed by atoms with Crippen LogP contribution in [0.15, 0.2) is 42.5 Å². The van der Waals surface area contributed by atoms with E-state index in [4.69, 9.17) is 23.2 Å². The number of benzene rings is 2. The highest BCUT2D eigenvalue weighted by Gasteiger charge is 2.18. The van der Waals surface area contributed by atoms with E-state index in [2.05, 4.69) is 24.1 Å². The number of hydrogen-bond acceptors (Lipinski definition) is 2. The van der Waals surface area contributed by atoms with Gasteiger partial charge in [0.15, 0.2) is 5.78 Å². The highest BCUT2D eigenvalue weighted by Crippen LogP contribution is 2.26. The minimum atomic E-state index is -0.0351. The third-order valence-electron chi connectivity index (χ3n) is 4.96. The zero-order chi connectivity index (χ0) is 17.8. The summed E-state index contributed by atoms with van der Waals surface area (Å²) >= 11 is 12.3. The van der Waals surface area contributed by atoms with Crippen molar-refractivity contribution in [2.24, 2.45) is 5.92 Å². The molecule has 5 heteroatoms. The van der Waals surface area contributed by atoms with Gasteiger partial charge < -0.3 is 4.90 Å². The zero-order valence-electron chi connectivity index (χ0n) is 14.9. The van der Waals surface area contributed by atoms with Crippen LogP contribution in [0.3, 0.4) is 0 Å². The summed E-state index contributed by atoms with van der Waals surface area (Å²) in [6, 6.07) is 13.5. The van der Waals surface area contributed by atoms with Crippen molar-refractivity contribution in [2.75, 3.05) is 20.1 Å². The Hall–Kier alpha value is -1.06. The maximum absolute atomic E-state index is 12.6. The van der Waals surface area contributed by atoms with E-state index in [1.54, 1.807) is 18.2 Å². The second-order valence-corrected chi connectivity index (χ2v) is 7.78. The van der Waals surface area contributed by atoms with E-state index in [1.165, 1.54) is 31.5 Å². The lowest BCUT2D eigenvalue weighted by Gasteiger charge is -2.29. The van der Waals surface area contributed by atoms with Gasteiger partial charge in [-0.05, 0) is 68.6 Å². The molecule has 0 atom stereocenters. The van der Waals surface area contributed by atoms with Crippen LogP contribution in [0.4, 0.5) is 0 Å². The number of Topliss-reactive ketones (excluding diaryl/α,β-unsaturated/α-hetero) is 1. The van der Waals surface area contributed by atoms with Gasteiger partial charge in [-0.15, -0.1) is 12.4 Å². The van der Waals surface area contributed by atoms with Gasteiger partial charge in [-0.3, -0.25) is 4.79 Å². The van der Waals surface area contributed by atoms with Gasteiger partial charge in [-0.1, -0.05) is 53.5 Å². The molecule has 26 heavy (non-hydrogen) atoms. The smallest absolute Gasteiger partial charge is 0.170 e. The van der Waals surface area contributed by atoms with Crippen LogP contribution < -0.4 is 0 Å². The van der Waals surface area contributed by atoms with Crippen LogP contribution in [-0.4, -0.2) is 30.8 Å². The summed E-state index contributed by atoms with van der Waals surface area (Å²) in [5, 5.41) is 0.833. The van der Waals surface area contributed by atoms with Crippen molar-refractivity contribution in [3.63, 3.8) is 0 Å². The van der Waals surface area contributed by atoms with Crippen LogP contribution in [0.1, 0.15) is 34.3 Å². The monoisotopic (exact) mass is 411 g/mol. The second-order valence-electron chi connectivity index (χ2n) is 6.97. The summed E-state index contributed by atoms with van der Waals surface area (Å²) in [5.41, 5.74) is 2.75. The Bertz CT molecular complexity index is 734. The SMILES string of the molecule is CN1CCC(Cc2cccc(CC(=O)c3c(Cl)cccc3Cl)c2)CC1.Cl. The molecule has 0 bridgehead atoms. The number of carbonyl (C=O) groups is 1. The predicted octanol–water partition coefficient (Wildman–Crippen LogP) is 5.72. The Morgan fingerprint density at radius 1 is 1.04 bits per heavy atom. The van der Waals surface area contributed by atoms with Crippen molar-refractivity contribution in [2.45, 2.75) is 25.7 Å². The third kappa shape index (κ3) is 5.47. The molecule has 0 aliphatic carbocycles. The fourth-order valence-electron chi connectivity index (χ4n) is 3.50. The van der Waals surface area contributed by atoms with Crippen molar-refractivity contribution in [1.29, 1.82) is 0 Å². The first-order valence-electron chi connectivity index (χ1n) is 8.76. The summed E-state index contributed by atoms with van der Waals surface area (Å²) in [6.45, 7) is 2.35. The molecule has 1 fully saturated rings. The van der Waals surface area contributed by atoms with Gasteiger partial charge in [-0.2, -0.15) is 0 Å². The minimum absolute atomic E-state index is 0. The molecule has 0 N–H and O–H groups in total. The molecule has 140 valence electrons. The predicted molar refractivity (Wildman–Crippen MR) is 112 cm³/mol. The number of piperidine rings is 1. The average Bonchev–Trinajstić information content (AvgIpc) is 2.57. The zero-order valence-corrected chi connectivity index (χ0v) is 17.2. The molecule has 0 radical (unpaired) electrons. The molecule has 2 nitrogen and oxygen atoms in total. The van der Waals surface area contributed by atoms with Gasteiger partial charge >= 0.3 is 0 Å². The van der Waals surface area contributed by atoms with E-state index in [9.17, 15) is 4.79 Å². The molecule has 3 rings (SSSR count). The molecule has 2 aromatic rings. The largest absolute Gasteiger partial charge is 0.306 e. The lowest BCUT2D eigenvalue weighted by molar-refractivity contribution is 0.0993. The molecule has 1 saturated heterocycles. The van der Waals surface area contributed by atoms with E-state index in [-0.39, 0.29) is 18.2 Å². The average molecular weight is 413 g/mol. The molecule has 1 aliphatic rings. The molecule has 2 aromatic carbocycles. The van der Waals surface area contributed by atoms with Gasteiger partial charge in [0.25, 0.3) is 0 Å². The molecule has 0 aromatic heterocycles. The summed E-state index contributed by atoms with van der Waals surface area (Å²) in [7, 11) is 2.18. The maximum Gasteiger partial charge on any atom is 0.170 e. The van der Waals surface area contributed by atoms with Crippen molar-refractivity contribution in [3.05, 3.63) is 69.2 Å². The first-order valence-corrected chi connectivity index (χ1v) is 9.52. The third-order valence-corrected chi connectivity index (χ3v) is 5.59. The normalized spacial score (nSPS) is 15.5. The van der Waals surface area contributed by atoms with E-state index >= 15 is 0 Å². The molecule has 1 aliphatic heterocycles. The van der Waals surface area contributed by atoms with Crippen molar-refractivity contribution < 1.29 is 4.79 Å². The van der Waals surface area contributed by atoms with Gasteiger partial charge in [-0.25, -0.2) is 0 Å².